The molecule has 1 aliphatic heterocycles. The normalized spacial score (nSPS) is 17.2. The third kappa shape index (κ3) is 7.58. The van der Waals surface area contributed by atoms with Crippen LogP contribution in [0.4, 0.5) is 11.5 Å². The molecule has 2 unspecified atom stereocenters. The van der Waals surface area contributed by atoms with Crippen molar-refractivity contribution in [3.8, 4) is 11.4 Å². The maximum atomic E-state index is 13.2. The molecule has 2 aliphatic rings. The average molecular weight is 633 g/mol. The van der Waals surface area contributed by atoms with Crippen molar-refractivity contribution in [2.75, 3.05) is 23.5 Å². The molecule has 45 heavy (non-hydrogen) atoms. The smallest absolute Gasteiger partial charge is 0.330 e. The minimum atomic E-state index is -3.85. The van der Waals surface area contributed by atoms with Crippen molar-refractivity contribution in [2.45, 2.75) is 68.5 Å². The number of rotatable bonds is 13. The summed E-state index contributed by atoms with van der Waals surface area (Å²) in [4.78, 5) is 19.6. The molecule has 2 aromatic carbocycles. The topological polar surface area (TPSA) is 164 Å². The van der Waals surface area contributed by atoms with Crippen LogP contribution in [0.3, 0.4) is 0 Å². The Bertz CT molecular complexity index is 1760. The first kappa shape index (κ1) is 30.9. The first-order valence-corrected chi connectivity index (χ1v) is 17.1. The van der Waals surface area contributed by atoms with E-state index in [1.54, 1.807) is 48.7 Å². The molecular weight excluding hydrogens is 592 g/mol. The Morgan fingerprint density at radius 2 is 1.93 bits per heavy atom. The molecule has 1 aliphatic carbocycles. The third-order valence-corrected chi connectivity index (χ3v) is 10.1. The van der Waals surface area contributed by atoms with Gasteiger partial charge in [0.05, 0.1) is 16.7 Å². The van der Waals surface area contributed by atoms with Crippen LogP contribution in [0.1, 0.15) is 61.4 Å². The van der Waals surface area contributed by atoms with Crippen LogP contribution in [0.5, 0.6) is 5.75 Å². The number of aromatic nitrogens is 3. The number of H-pyrrole nitrogens is 1. The number of pyridine rings is 1. The standard InChI is InChI=1S/C33H40N6O5S/c34-32-16-8-24(18-36-32)30(40)20-35-19-28-12-7-23-17-25(9-15-31(23)44-28)38-45(42,43)29-13-10-27(11-14-29)39-21-26(37-33(39)41)6-2-5-22-3-1-4-22/h8-11,13-18,21-22,28,30,35,38,40H,1-7,12,19-20H2,(H2,34,36)(H,37,41). The van der Waals surface area contributed by atoms with E-state index in [9.17, 15) is 18.3 Å². The van der Waals surface area contributed by atoms with Gasteiger partial charge in [-0.3, -0.25) is 9.29 Å². The lowest BCUT2D eigenvalue weighted by molar-refractivity contribution is 0.146. The Balaban J connectivity index is 1.01. The molecule has 12 heteroatoms. The number of aryl methyl sites for hydroxylation is 2. The van der Waals surface area contributed by atoms with Crippen molar-refractivity contribution in [2.24, 2.45) is 5.92 Å². The van der Waals surface area contributed by atoms with Gasteiger partial charge in [0.25, 0.3) is 10.0 Å². The highest BCUT2D eigenvalue weighted by Gasteiger charge is 2.22. The summed E-state index contributed by atoms with van der Waals surface area (Å²) in [7, 11) is -3.85. The number of ether oxygens (including phenoxy) is 1. The van der Waals surface area contributed by atoms with Crippen LogP contribution in [0.2, 0.25) is 0 Å². The van der Waals surface area contributed by atoms with Gasteiger partial charge in [-0.05, 0) is 85.7 Å². The summed E-state index contributed by atoms with van der Waals surface area (Å²) in [6.45, 7) is 0.906. The van der Waals surface area contributed by atoms with E-state index in [0.717, 1.165) is 42.9 Å². The summed E-state index contributed by atoms with van der Waals surface area (Å²) in [5, 5.41) is 13.6. The Morgan fingerprint density at radius 1 is 1.11 bits per heavy atom. The summed E-state index contributed by atoms with van der Waals surface area (Å²) in [6.07, 6.45) is 11.1. The van der Waals surface area contributed by atoms with Gasteiger partial charge in [0.2, 0.25) is 0 Å². The van der Waals surface area contributed by atoms with Gasteiger partial charge in [-0.15, -0.1) is 0 Å². The Kier molecular flexibility index (Phi) is 9.24. The predicted octanol–water partition coefficient (Wildman–Crippen LogP) is 4.08. The molecule has 238 valence electrons. The highest BCUT2D eigenvalue weighted by Crippen LogP contribution is 2.32. The number of aliphatic hydroxyl groups is 1. The van der Waals surface area contributed by atoms with Crippen molar-refractivity contribution in [3.63, 3.8) is 0 Å². The highest BCUT2D eigenvalue weighted by atomic mass is 32.2. The molecule has 0 amide bonds. The SMILES string of the molecule is Nc1ccc(C(O)CNCC2CCc3cc(NS(=O)(=O)c4ccc(-n5cc(CCCC6CCC6)[nH]c5=O)cc4)ccc3O2)cn1. The van der Waals surface area contributed by atoms with Crippen molar-refractivity contribution in [1.82, 2.24) is 19.9 Å². The van der Waals surface area contributed by atoms with Crippen molar-refractivity contribution in [1.29, 1.82) is 0 Å². The quantitative estimate of drug-likeness (QED) is 0.147. The van der Waals surface area contributed by atoms with Crippen molar-refractivity contribution in [3.05, 3.63) is 94.3 Å². The van der Waals surface area contributed by atoms with Gasteiger partial charge in [0.15, 0.2) is 0 Å². The minimum Gasteiger partial charge on any atom is -0.489 e. The van der Waals surface area contributed by atoms with Crippen LogP contribution >= 0.6 is 0 Å². The molecule has 4 aromatic rings. The number of fused-ring (bicyclic) bond motifs is 1. The van der Waals surface area contributed by atoms with Gasteiger partial charge >= 0.3 is 5.69 Å². The molecule has 1 fully saturated rings. The number of nitrogens with two attached hydrogens (primary N) is 1. The first-order chi connectivity index (χ1) is 21.7. The predicted molar refractivity (Wildman–Crippen MR) is 173 cm³/mol. The number of hydrogen-bond donors (Lipinski definition) is 5. The number of sulfonamides is 1. The van der Waals surface area contributed by atoms with E-state index >= 15 is 0 Å². The second-order valence-electron chi connectivity index (χ2n) is 12.0. The molecule has 0 saturated heterocycles. The van der Waals surface area contributed by atoms with Crippen LogP contribution in [0.25, 0.3) is 5.69 Å². The number of anilines is 2. The molecule has 2 aromatic heterocycles. The van der Waals surface area contributed by atoms with Crippen LogP contribution in [0.15, 0.2) is 76.7 Å². The maximum absolute atomic E-state index is 13.2. The maximum Gasteiger partial charge on any atom is 0.330 e. The summed E-state index contributed by atoms with van der Waals surface area (Å²) in [5.74, 6) is 1.95. The first-order valence-electron chi connectivity index (χ1n) is 15.6. The van der Waals surface area contributed by atoms with Crippen molar-refractivity contribution < 1.29 is 18.3 Å². The molecular formula is C33H40N6O5S. The fourth-order valence-corrected chi connectivity index (χ4v) is 6.94. The molecule has 3 heterocycles. The van der Waals surface area contributed by atoms with Gasteiger partial charge in [-0.25, -0.2) is 18.2 Å². The van der Waals surface area contributed by atoms with E-state index in [4.69, 9.17) is 10.5 Å². The summed E-state index contributed by atoms with van der Waals surface area (Å²) in [5.41, 5.74) is 8.93. The second kappa shape index (κ2) is 13.5. The van der Waals surface area contributed by atoms with Crippen LogP contribution in [0, 0.1) is 5.92 Å². The van der Waals surface area contributed by atoms with Gasteiger partial charge < -0.3 is 25.9 Å². The number of nitrogen functional groups attached to an aromatic ring is 1. The fraction of sp³-hybridized carbons (Fsp3) is 0.394. The molecule has 0 bridgehead atoms. The molecule has 2 atom stereocenters. The van der Waals surface area contributed by atoms with E-state index < -0.39 is 16.1 Å². The van der Waals surface area contributed by atoms with Gasteiger partial charge in [-0.2, -0.15) is 0 Å². The van der Waals surface area contributed by atoms with Crippen molar-refractivity contribution >= 4 is 21.5 Å². The van der Waals surface area contributed by atoms with Crippen LogP contribution < -0.4 is 26.2 Å². The monoisotopic (exact) mass is 632 g/mol. The number of benzene rings is 2. The number of imidazole rings is 1. The van der Waals surface area contributed by atoms with Gasteiger partial charge in [-0.1, -0.05) is 31.7 Å². The zero-order chi connectivity index (χ0) is 31.4. The molecule has 11 nitrogen and oxygen atoms in total. The highest BCUT2D eigenvalue weighted by molar-refractivity contribution is 7.92. The lowest BCUT2D eigenvalue weighted by atomic mass is 9.82. The molecule has 1 saturated carbocycles. The van der Waals surface area contributed by atoms with E-state index in [1.807, 2.05) is 6.20 Å². The minimum absolute atomic E-state index is 0.0776. The van der Waals surface area contributed by atoms with E-state index in [2.05, 4.69) is 20.0 Å². The fourth-order valence-electron chi connectivity index (χ4n) is 5.89. The Morgan fingerprint density at radius 3 is 2.67 bits per heavy atom. The number of nitrogens with one attached hydrogen (secondary N) is 3. The third-order valence-electron chi connectivity index (χ3n) is 8.73. The largest absolute Gasteiger partial charge is 0.489 e. The average Bonchev–Trinajstić information content (AvgIpc) is 3.38. The van der Waals surface area contributed by atoms with Crippen LogP contribution in [-0.4, -0.2) is 47.3 Å². The molecule has 0 spiro atoms. The van der Waals surface area contributed by atoms with Crippen LogP contribution in [-0.2, 0) is 22.9 Å². The lowest BCUT2D eigenvalue weighted by Gasteiger charge is -2.27. The number of aliphatic hydroxyl groups excluding tert-OH is 1. The van der Waals surface area contributed by atoms with E-state index in [1.165, 1.54) is 42.4 Å². The second-order valence-corrected chi connectivity index (χ2v) is 13.7. The van der Waals surface area contributed by atoms with Gasteiger partial charge in [0.1, 0.15) is 17.7 Å². The van der Waals surface area contributed by atoms with Gasteiger partial charge in [0, 0.05) is 42.4 Å². The summed E-state index contributed by atoms with van der Waals surface area (Å²) < 4.78 is 36.7. The zero-order valence-corrected chi connectivity index (χ0v) is 25.9. The zero-order valence-electron chi connectivity index (χ0n) is 25.1. The molecule has 6 rings (SSSR count). The molecule has 6 N–H and O–H groups in total. The molecule has 0 radical (unpaired) electrons. The lowest BCUT2D eigenvalue weighted by Crippen LogP contribution is -2.36. The summed E-state index contributed by atoms with van der Waals surface area (Å²) in [6, 6.07) is 15.0. The van der Waals surface area contributed by atoms with E-state index in [-0.39, 0.29) is 16.7 Å². The Labute approximate surface area is 262 Å². The summed E-state index contributed by atoms with van der Waals surface area (Å²) >= 11 is 0. The number of nitrogens with zero attached hydrogens (tertiary/aromatic N) is 2. The number of hydrogen-bond acceptors (Lipinski definition) is 8. The number of aromatic amines is 1. The Hall–Kier alpha value is -4.13. The van der Waals surface area contributed by atoms with E-state index in [0.29, 0.717) is 41.6 Å².